The Balaban J connectivity index is 1.89. The van der Waals surface area contributed by atoms with E-state index in [4.69, 9.17) is 5.11 Å². The molecule has 0 aromatic carbocycles. The minimum Gasteiger partial charge on any atom is -0.480 e. The van der Waals surface area contributed by atoms with Gasteiger partial charge in [0.15, 0.2) is 0 Å². The topological polar surface area (TPSA) is 52.6 Å². The third-order valence-corrected chi connectivity index (χ3v) is 3.21. The van der Waals surface area contributed by atoms with E-state index in [1.807, 2.05) is 0 Å². The Bertz CT molecular complexity index is 212. The first kappa shape index (κ1) is 8.97. The number of rotatable bonds is 2. The third-order valence-electron chi connectivity index (χ3n) is 3.21. The van der Waals surface area contributed by atoms with Gasteiger partial charge in [0.05, 0.1) is 6.54 Å². The van der Waals surface area contributed by atoms with Crippen LogP contribution in [0.25, 0.3) is 0 Å². The molecule has 0 bridgehead atoms. The highest BCUT2D eigenvalue weighted by Crippen LogP contribution is 2.35. The van der Waals surface area contributed by atoms with E-state index < -0.39 is 5.97 Å². The van der Waals surface area contributed by atoms with Crippen LogP contribution in [0.15, 0.2) is 0 Å². The van der Waals surface area contributed by atoms with Crippen molar-refractivity contribution in [2.45, 2.75) is 12.8 Å². The molecule has 2 fully saturated rings. The highest BCUT2D eigenvalue weighted by molar-refractivity contribution is 5.69. The lowest BCUT2D eigenvalue weighted by atomic mass is 9.87. The first-order valence-corrected chi connectivity index (χ1v) is 4.85. The lowest BCUT2D eigenvalue weighted by molar-refractivity contribution is -0.138. The number of hydrogen-bond donors (Lipinski definition) is 2. The van der Waals surface area contributed by atoms with Crippen LogP contribution in [-0.2, 0) is 4.79 Å². The van der Waals surface area contributed by atoms with Crippen molar-refractivity contribution < 1.29 is 9.90 Å². The van der Waals surface area contributed by atoms with Crippen molar-refractivity contribution in [1.29, 1.82) is 0 Å². The van der Waals surface area contributed by atoms with E-state index in [9.17, 15) is 4.79 Å². The maximum Gasteiger partial charge on any atom is 0.317 e. The van der Waals surface area contributed by atoms with Crippen molar-refractivity contribution in [2.75, 3.05) is 32.7 Å². The Kier molecular flexibility index (Phi) is 2.26. The Hall–Kier alpha value is -0.610. The zero-order valence-corrected chi connectivity index (χ0v) is 7.75. The molecule has 4 heteroatoms. The van der Waals surface area contributed by atoms with Gasteiger partial charge in [-0.1, -0.05) is 0 Å². The van der Waals surface area contributed by atoms with Crippen molar-refractivity contribution in [2.24, 2.45) is 5.41 Å². The number of nitrogens with zero attached hydrogens (tertiary/aromatic N) is 1. The molecule has 0 aliphatic carbocycles. The summed E-state index contributed by atoms with van der Waals surface area (Å²) in [5.41, 5.74) is 0.398. The molecule has 2 rings (SSSR count). The van der Waals surface area contributed by atoms with E-state index in [0.717, 1.165) is 32.6 Å². The average molecular weight is 184 g/mol. The zero-order chi connectivity index (χ0) is 9.31. The van der Waals surface area contributed by atoms with E-state index >= 15 is 0 Å². The zero-order valence-electron chi connectivity index (χ0n) is 7.75. The quantitative estimate of drug-likeness (QED) is 0.621. The molecule has 2 saturated heterocycles. The van der Waals surface area contributed by atoms with Gasteiger partial charge in [0, 0.05) is 13.1 Å². The third kappa shape index (κ3) is 1.84. The number of nitrogens with one attached hydrogen (secondary N) is 1. The minimum atomic E-state index is -0.706. The molecule has 2 N–H and O–H groups in total. The van der Waals surface area contributed by atoms with Gasteiger partial charge < -0.3 is 10.4 Å². The molecule has 1 atom stereocenters. The summed E-state index contributed by atoms with van der Waals surface area (Å²) in [5, 5.41) is 12.0. The molecule has 0 saturated carbocycles. The summed E-state index contributed by atoms with van der Waals surface area (Å²) >= 11 is 0. The van der Waals surface area contributed by atoms with E-state index in [2.05, 4.69) is 10.2 Å². The van der Waals surface area contributed by atoms with E-state index in [0.29, 0.717) is 5.41 Å². The van der Waals surface area contributed by atoms with Crippen molar-refractivity contribution in [3.63, 3.8) is 0 Å². The number of hydrogen-bond acceptors (Lipinski definition) is 3. The molecule has 13 heavy (non-hydrogen) atoms. The summed E-state index contributed by atoms with van der Waals surface area (Å²) in [6.07, 6.45) is 2.37. The number of likely N-dealkylation sites (tertiary alicyclic amines) is 1. The van der Waals surface area contributed by atoms with Crippen molar-refractivity contribution in [3.8, 4) is 0 Å². The smallest absolute Gasteiger partial charge is 0.317 e. The maximum absolute atomic E-state index is 10.5. The van der Waals surface area contributed by atoms with Gasteiger partial charge in [-0.05, 0) is 31.3 Å². The van der Waals surface area contributed by atoms with Gasteiger partial charge in [-0.25, -0.2) is 0 Å². The first-order chi connectivity index (χ1) is 6.20. The van der Waals surface area contributed by atoms with Crippen LogP contribution in [0, 0.1) is 5.41 Å². The molecular weight excluding hydrogens is 168 g/mol. The number of aliphatic carboxylic acids is 1. The summed E-state index contributed by atoms with van der Waals surface area (Å²) < 4.78 is 0. The molecule has 4 nitrogen and oxygen atoms in total. The van der Waals surface area contributed by atoms with Crippen LogP contribution in [0.3, 0.4) is 0 Å². The molecule has 0 aromatic heterocycles. The van der Waals surface area contributed by atoms with Gasteiger partial charge in [0.1, 0.15) is 0 Å². The molecule has 2 aliphatic rings. The second-order valence-electron chi connectivity index (χ2n) is 4.28. The fourth-order valence-electron chi connectivity index (χ4n) is 2.50. The molecule has 74 valence electrons. The van der Waals surface area contributed by atoms with Crippen LogP contribution in [-0.4, -0.2) is 48.7 Å². The predicted octanol–water partition coefficient (Wildman–Crippen LogP) is -0.244. The number of carboxylic acid groups (broad SMARTS) is 1. The van der Waals surface area contributed by atoms with Gasteiger partial charge in [-0.15, -0.1) is 0 Å². The van der Waals surface area contributed by atoms with Crippen LogP contribution >= 0.6 is 0 Å². The highest BCUT2D eigenvalue weighted by Gasteiger charge is 2.40. The van der Waals surface area contributed by atoms with Gasteiger partial charge in [-0.3, -0.25) is 9.69 Å². The monoisotopic (exact) mass is 184 g/mol. The summed E-state index contributed by atoms with van der Waals surface area (Å²) in [6, 6.07) is 0. The Morgan fingerprint density at radius 1 is 1.54 bits per heavy atom. The largest absolute Gasteiger partial charge is 0.480 e. The summed E-state index contributed by atoms with van der Waals surface area (Å²) in [4.78, 5) is 12.6. The van der Waals surface area contributed by atoms with E-state index in [-0.39, 0.29) is 6.54 Å². The predicted molar refractivity (Wildman–Crippen MR) is 48.6 cm³/mol. The molecule has 0 radical (unpaired) electrons. The highest BCUT2D eigenvalue weighted by atomic mass is 16.4. The van der Waals surface area contributed by atoms with Gasteiger partial charge in [-0.2, -0.15) is 0 Å². The lowest BCUT2D eigenvalue weighted by Crippen LogP contribution is -2.32. The molecule has 0 amide bonds. The second kappa shape index (κ2) is 3.27. The van der Waals surface area contributed by atoms with E-state index in [1.165, 1.54) is 6.42 Å². The summed E-state index contributed by atoms with van der Waals surface area (Å²) in [5.74, 6) is -0.706. The Labute approximate surface area is 77.9 Å². The van der Waals surface area contributed by atoms with Gasteiger partial charge in [0.2, 0.25) is 0 Å². The van der Waals surface area contributed by atoms with Crippen LogP contribution < -0.4 is 5.32 Å². The second-order valence-corrected chi connectivity index (χ2v) is 4.28. The van der Waals surface area contributed by atoms with Crippen LogP contribution in [0.5, 0.6) is 0 Å². The normalized spacial score (nSPS) is 34.5. The lowest BCUT2D eigenvalue weighted by Gasteiger charge is -2.21. The standard InChI is InChI=1S/C9H16N2O2/c12-8(13)5-11-4-2-9(7-11)1-3-10-6-9/h10H,1-7H2,(H,12,13). The first-order valence-electron chi connectivity index (χ1n) is 4.85. The Morgan fingerprint density at radius 2 is 2.38 bits per heavy atom. The molecular formula is C9H16N2O2. The van der Waals surface area contributed by atoms with Crippen molar-refractivity contribution in [1.82, 2.24) is 10.2 Å². The van der Waals surface area contributed by atoms with Crippen molar-refractivity contribution >= 4 is 5.97 Å². The molecule has 1 spiro atoms. The fourth-order valence-corrected chi connectivity index (χ4v) is 2.50. The molecule has 2 heterocycles. The summed E-state index contributed by atoms with van der Waals surface area (Å²) in [6.45, 7) is 4.30. The molecule has 2 aliphatic heterocycles. The minimum absolute atomic E-state index is 0.210. The van der Waals surface area contributed by atoms with Gasteiger partial charge in [0.25, 0.3) is 0 Å². The summed E-state index contributed by atoms with van der Waals surface area (Å²) in [7, 11) is 0. The molecule has 0 aromatic rings. The fraction of sp³-hybridized carbons (Fsp3) is 0.889. The van der Waals surface area contributed by atoms with Crippen LogP contribution in [0.2, 0.25) is 0 Å². The number of carbonyl (C=O) groups is 1. The van der Waals surface area contributed by atoms with Crippen LogP contribution in [0.1, 0.15) is 12.8 Å². The average Bonchev–Trinajstić information content (AvgIpc) is 2.63. The number of carboxylic acids is 1. The van der Waals surface area contributed by atoms with Crippen LogP contribution in [0.4, 0.5) is 0 Å². The maximum atomic E-state index is 10.5. The van der Waals surface area contributed by atoms with Gasteiger partial charge >= 0.3 is 5.97 Å². The Morgan fingerprint density at radius 3 is 3.00 bits per heavy atom. The van der Waals surface area contributed by atoms with E-state index in [1.54, 1.807) is 0 Å². The SMILES string of the molecule is O=C(O)CN1CCC2(CCNC2)C1. The molecule has 1 unspecified atom stereocenters. The van der Waals surface area contributed by atoms with Crippen molar-refractivity contribution in [3.05, 3.63) is 0 Å².